The van der Waals surface area contributed by atoms with Crippen LogP contribution in [-0.2, 0) is 22.4 Å². The predicted molar refractivity (Wildman–Crippen MR) is 114 cm³/mol. The molecular weight excluding hydrogens is 382 g/mol. The van der Waals surface area contributed by atoms with Crippen molar-refractivity contribution in [2.45, 2.75) is 52.9 Å². The Morgan fingerprint density at radius 1 is 1.17 bits per heavy atom. The molecule has 2 aromatic rings. The molecule has 0 fully saturated rings. The molecule has 0 aliphatic heterocycles. The van der Waals surface area contributed by atoms with Crippen molar-refractivity contribution in [3.8, 4) is 17.2 Å². The number of ether oxygens (including phenoxy) is 2. The van der Waals surface area contributed by atoms with Crippen LogP contribution < -0.4 is 10.1 Å². The van der Waals surface area contributed by atoms with E-state index in [2.05, 4.69) is 5.32 Å². The van der Waals surface area contributed by atoms with Gasteiger partial charge in [-0.3, -0.25) is 9.59 Å². The molecule has 0 radical (unpaired) electrons. The van der Waals surface area contributed by atoms with Crippen molar-refractivity contribution in [3.63, 3.8) is 0 Å². The molecule has 0 atom stereocenters. The lowest BCUT2D eigenvalue weighted by molar-refractivity contribution is -0.141. The Bertz CT molecular complexity index is 965. The fraction of sp³-hybridized carbons (Fsp3) is 0.417. The Balaban J connectivity index is 1.88. The minimum absolute atomic E-state index is 0.149. The molecule has 160 valence electrons. The highest BCUT2D eigenvalue weighted by Crippen LogP contribution is 2.40. The van der Waals surface area contributed by atoms with Gasteiger partial charge in [0.1, 0.15) is 23.8 Å². The van der Waals surface area contributed by atoms with Gasteiger partial charge in [-0.15, -0.1) is 0 Å². The summed E-state index contributed by atoms with van der Waals surface area (Å²) in [5, 5.41) is 12.7. The number of carbonyl (C=O) groups excluding carboxylic acids is 2. The summed E-state index contributed by atoms with van der Waals surface area (Å²) < 4.78 is 11.1. The zero-order chi connectivity index (χ0) is 21.8. The van der Waals surface area contributed by atoms with Crippen LogP contribution in [0.1, 0.15) is 65.7 Å². The molecule has 0 heterocycles. The topological polar surface area (TPSA) is 84.9 Å². The van der Waals surface area contributed by atoms with Gasteiger partial charge in [0.05, 0.1) is 6.61 Å². The molecule has 3 rings (SSSR count). The third-order valence-electron chi connectivity index (χ3n) is 5.32. The van der Waals surface area contributed by atoms with Crippen LogP contribution in [-0.4, -0.2) is 30.1 Å². The van der Waals surface area contributed by atoms with Crippen LogP contribution in [0.2, 0.25) is 0 Å². The number of aromatic hydroxyl groups is 1. The lowest BCUT2D eigenvalue weighted by atomic mass is 9.97. The predicted octanol–water partition coefficient (Wildman–Crippen LogP) is 4.40. The van der Waals surface area contributed by atoms with Crippen LogP contribution in [0.5, 0.6) is 17.2 Å². The second-order valence-corrected chi connectivity index (χ2v) is 7.85. The standard InChI is InChI=1S/C24H29NO5/c1-5-29-22(27)13-25-24(28)20-11-15(4)23(18-8-6-7-17(18)20)30-16-9-10-21(26)19(12-16)14(2)3/h9-12,14,26H,5-8,13H2,1-4H3,(H,25,28). The minimum Gasteiger partial charge on any atom is -0.508 e. The normalized spacial score (nSPS) is 12.6. The molecule has 0 spiro atoms. The summed E-state index contributed by atoms with van der Waals surface area (Å²) in [6.07, 6.45) is 2.57. The van der Waals surface area contributed by atoms with Crippen molar-refractivity contribution in [1.82, 2.24) is 5.32 Å². The van der Waals surface area contributed by atoms with E-state index in [0.29, 0.717) is 11.3 Å². The first kappa shape index (κ1) is 21.7. The number of esters is 1. The van der Waals surface area contributed by atoms with Crippen LogP contribution >= 0.6 is 0 Å². The van der Waals surface area contributed by atoms with Gasteiger partial charge >= 0.3 is 5.97 Å². The third-order valence-corrected chi connectivity index (χ3v) is 5.32. The lowest BCUT2D eigenvalue weighted by Crippen LogP contribution is -2.31. The Morgan fingerprint density at radius 2 is 1.90 bits per heavy atom. The highest BCUT2D eigenvalue weighted by Gasteiger charge is 2.25. The van der Waals surface area contributed by atoms with E-state index in [-0.39, 0.29) is 30.7 Å². The maximum Gasteiger partial charge on any atom is 0.325 e. The van der Waals surface area contributed by atoms with Gasteiger partial charge in [-0.1, -0.05) is 13.8 Å². The first-order chi connectivity index (χ1) is 14.3. The molecule has 0 saturated carbocycles. The summed E-state index contributed by atoms with van der Waals surface area (Å²) in [7, 11) is 0. The number of amides is 1. The Kier molecular flexibility index (Phi) is 6.65. The van der Waals surface area contributed by atoms with E-state index < -0.39 is 5.97 Å². The van der Waals surface area contributed by atoms with Crippen molar-refractivity contribution in [3.05, 3.63) is 52.1 Å². The zero-order valence-electron chi connectivity index (χ0n) is 18.0. The minimum atomic E-state index is -0.451. The van der Waals surface area contributed by atoms with E-state index in [9.17, 15) is 14.7 Å². The molecule has 6 nitrogen and oxygen atoms in total. The lowest BCUT2D eigenvalue weighted by Gasteiger charge is -2.18. The molecule has 1 amide bonds. The number of hydrogen-bond donors (Lipinski definition) is 2. The van der Waals surface area contributed by atoms with E-state index in [0.717, 1.165) is 47.3 Å². The molecule has 2 N–H and O–H groups in total. The molecule has 0 saturated heterocycles. The number of benzene rings is 2. The van der Waals surface area contributed by atoms with Crippen molar-refractivity contribution in [1.29, 1.82) is 0 Å². The summed E-state index contributed by atoms with van der Waals surface area (Å²) in [4.78, 5) is 24.3. The summed E-state index contributed by atoms with van der Waals surface area (Å²) in [6.45, 7) is 7.82. The first-order valence-corrected chi connectivity index (χ1v) is 10.4. The monoisotopic (exact) mass is 411 g/mol. The Labute approximate surface area is 177 Å². The van der Waals surface area contributed by atoms with Gasteiger partial charge in [0.2, 0.25) is 0 Å². The van der Waals surface area contributed by atoms with Crippen molar-refractivity contribution in [2.24, 2.45) is 0 Å². The fourth-order valence-corrected chi connectivity index (χ4v) is 3.88. The van der Waals surface area contributed by atoms with Crippen molar-refractivity contribution < 1.29 is 24.2 Å². The van der Waals surface area contributed by atoms with Crippen molar-refractivity contribution >= 4 is 11.9 Å². The molecular formula is C24H29NO5. The summed E-state index contributed by atoms with van der Waals surface area (Å²) in [5.74, 6) is 1.13. The molecule has 6 heteroatoms. The summed E-state index contributed by atoms with van der Waals surface area (Å²) >= 11 is 0. The van der Waals surface area contributed by atoms with Gasteiger partial charge in [-0.05, 0) is 80.0 Å². The Hall–Kier alpha value is -3.02. The largest absolute Gasteiger partial charge is 0.508 e. The van der Waals surface area contributed by atoms with E-state index in [4.69, 9.17) is 9.47 Å². The third kappa shape index (κ3) is 4.58. The zero-order valence-corrected chi connectivity index (χ0v) is 18.0. The number of nitrogens with one attached hydrogen (secondary N) is 1. The smallest absolute Gasteiger partial charge is 0.325 e. The maximum absolute atomic E-state index is 12.7. The molecule has 1 aliphatic carbocycles. The fourth-order valence-electron chi connectivity index (χ4n) is 3.88. The summed E-state index contributed by atoms with van der Waals surface area (Å²) in [6, 6.07) is 7.09. The molecule has 0 bridgehead atoms. The molecule has 0 aromatic heterocycles. The number of fused-ring (bicyclic) bond motifs is 1. The number of rotatable bonds is 7. The van der Waals surface area contributed by atoms with E-state index in [1.54, 1.807) is 19.1 Å². The van der Waals surface area contributed by atoms with Crippen LogP contribution in [0.25, 0.3) is 0 Å². The van der Waals surface area contributed by atoms with Gasteiger partial charge in [0.25, 0.3) is 5.91 Å². The van der Waals surface area contributed by atoms with Crippen LogP contribution in [0, 0.1) is 6.92 Å². The number of phenols is 1. The van der Waals surface area contributed by atoms with Gasteiger partial charge in [0, 0.05) is 11.1 Å². The quantitative estimate of drug-likeness (QED) is 0.660. The van der Waals surface area contributed by atoms with Gasteiger partial charge in [-0.25, -0.2) is 0 Å². The molecule has 1 aliphatic rings. The Morgan fingerprint density at radius 3 is 2.60 bits per heavy atom. The molecule has 30 heavy (non-hydrogen) atoms. The van der Waals surface area contributed by atoms with Gasteiger partial charge in [0.15, 0.2) is 0 Å². The molecule has 2 aromatic carbocycles. The highest BCUT2D eigenvalue weighted by atomic mass is 16.5. The first-order valence-electron chi connectivity index (χ1n) is 10.4. The van der Waals surface area contributed by atoms with Crippen LogP contribution in [0.3, 0.4) is 0 Å². The van der Waals surface area contributed by atoms with Crippen LogP contribution in [0.15, 0.2) is 24.3 Å². The second kappa shape index (κ2) is 9.20. The average Bonchev–Trinajstić information content (AvgIpc) is 3.19. The number of phenolic OH excluding ortho intramolecular Hbond substituents is 1. The van der Waals surface area contributed by atoms with E-state index in [1.165, 1.54) is 0 Å². The number of hydrogen-bond acceptors (Lipinski definition) is 5. The van der Waals surface area contributed by atoms with E-state index >= 15 is 0 Å². The van der Waals surface area contributed by atoms with Crippen molar-refractivity contribution in [2.75, 3.05) is 13.2 Å². The number of aryl methyl sites for hydroxylation is 1. The summed E-state index contributed by atoms with van der Waals surface area (Å²) in [5.41, 5.74) is 4.29. The second-order valence-electron chi connectivity index (χ2n) is 7.85. The van der Waals surface area contributed by atoms with Crippen LogP contribution in [0.4, 0.5) is 0 Å². The van der Waals surface area contributed by atoms with E-state index in [1.807, 2.05) is 32.9 Å². The highest BCUT2D eigenvalue weighted by molar-refractivity contribution is 5.98. The maximum atomic E-state index is 12.7. The number of carbonyl (C=O) groups is 2. The average molecular weight is 411 g/mol. The SMILES string of the molecule is CCOC(=O)CNC(=O)c1cc(C)c(Oc2ccc(O)c(C(C)C)c2)c2c1CCC2. The van der Waals surface area contributed by atoms with Gasteiger partial charge in [-0.2, -0.15) is 0 Å². The molecule has 0 unspecified atom stereocenters. The van der Waals surface area contributed by atoms with Gasteiger partial charge < -0.3 is 19.9 Å².